The van der Waals surface area contributed by atoms with Gasteiger partial charge in [0.15, 0.2) is 0 Å². The van der Waals surface area contributed by atoms with Crippen molar-refractivity contribution in [1.29, 1.82) is 0 Å². The first-order chi connectivity index (χ1) is 23.1. The van der Waals surface area contributed by atoms with E-state index in [0.29, 0.717) is 28.9 Å². The quantitative estimate of drug-likeness (QED) is 0.162. The van der Waals surface area contributed by atoms with Crippen molar-refractivity contribution in [1.82, 2.24) is 10.2 Å². The van der Waals surface area contributed by atoms with Crippen LogP contribution in [0.4, 0.5) is 0 Å². The van der Waals surface area contributed by atoms with Crippen molar-refractivity contribution in [3.8, 4) is 5.75 Å². The topological polar surface area (TPSA) is 176 Å². The van der Waals surface area contributed by atoms with E-state index in [4.69, 9.17) is 11.5 Å². The number of hydrogen-bond donors (Lipinski definition) is 5. The van der Waals surface area contributed by atoms with Gasteiger partial charge in [0.2, 0.25) is 17.7 Å². The Bertz CT molecular complexity index is 1520. The number of nitrogens with one attached hydrogen (secondary N) is 1. The molecule has 3 aromatic carbocycles. The lowest BCUT2D eigenvalue weighted by atomic mass is 9.87. The van der Waals surface area contributed by atoms with Crippen LogP contribution in [0, 0.1) is 17.3 Å². The molecule has 0 unspecified atom stereocenters. The average molecular weight is 673 g/mol. The van der Waals surface area contributed by atoms with Gasteiger partial charge in [-0.2, -0.15) is 0 Å². The number of aliphatic hydroxyl groups is 1. The molecule has 0 saturated heterocycles. The predicted octanol–water partition coefficient (Wildman–Crippen LogP) is 3.90. The maximum atomic E-state index is 14.6. The minimum absolute atomic E-state index is 0.00815. The van der Waals surface area contributed by atoms with Gasteiger partial charge in [-0.1, -0.05) is 107 Å². The zero-order chi connectivity index (χ0) is 36.3. The largest absolute Gasteiger partial charge is 0.508 e. The van der Waals surface area contributed by atoms with Gasteiger partial charge in [0.25, 0.3) is 5.91 Å². The highest BCUT2D eigenvalue weighted by Crippen LogP contribution is 2.26. The molecule has 49 heavy (non-hydrogen) atoms. The SMILES string of the molecule is CC(C)C[C@H](N)C(=O)N[C@@H](Cc1ccccc1)C(=O)N(C(=O)[C@H](Cc1ccc(O)cc1)C[C@H](O)[C@@H](N)Cc1ccccc1)C(=O)C(C)(C)C. The van der Waals surface area contributed by atoms with Crippen LogP contribution in [0.1, 0.15) is 64.2 Å². The zero-order valence-corrected chi connectivity index (χ0v) is 29.2. The Kier molecular flexibility index (Phi) is 14.2. The van der Waals surface area contributed by atoms with E-state index in [1.807, 2.05) is 50.2 Å². The molecule has 10 nitrogen and oxygen atoms in total. The lowest BCUT2D eigenvalue weighted by Gasteiger charge is -2.33. The van der Waals surface area contributed by atoms with Crippen molar-refractivity contribution in [2.45, 2.75) is 91.0 Å². The molecule has 0 bridgehead atoms. The van der Waals surface area contributed by atoms with E-state index in [-0.39, 0.29) is 30.9 Å². The fraction of sp³-hybridized carbons (Fsp3) is 0.436. The molecule has 10 heteroatoms. The van der Waals surface area contributed by atoms with E-state index < -0.39 is 59.2 Å². The van der Waals surface area contributed by atoms with Gasteiger partial charge in [0.05, 0.1) is 12.1 Å². The number of benzene rings is 3. The molecule has 3 aromatic rings. The average Bonchev–Trinajstić information content (AvgIpc) is 3.05. The Balaban J connectivity index is 2.03. The van der Waals surface area contributed by atoms with Gasteiger partial charge < -0.3 is 27.0 Å². The second-order valence-corrected chi connectivity index (χ2v) is 14.3. The summed E-state index contributed by atoms with van der Waals surface area (Å²) in [6.07, 6.45) is -0.546. The molecule has 0 aliphatic heterocycles. The number of rotatable bonds is 15. The highest BCUT2D eigenvalue weighted by Gasteiger charge is 2.43. The van der Waals surface area contributed by atoms with E-state index in [1.54, 1.807) is 57.2 Å². The van der Waals surface area contributed by atoms with Crippen LogP contribution in [0.15, 0.2) is 84.9 Å². The first-order valence-corrected chi connectivity index (χ1v) is 16.8. The van der Waals surface area contributed by atoms with Gasteiger partial charge in [-0.15, -0.1) is 0 Å². The van der Waals surface area contributed by atoms with E-state index >= 15 is 0 Å². The predicted molar refractivity (Wildman–Crippen MR) is 190 cm³/mol. The Labute approximate surface area is 289 Å². The standard InChI is InChI=1S/C39H52N4O6/c1-25(2)20-32(41)35(46)42-33(23-27-14-10-7-11-15-27)37(48)43(38(49)39(3,4)5)36(47)29(21-28-16-18-30(44)19-17-28)24-34(45)31(40)22-26-12-8-6-9-13-26/h6-19,25,29,31-34,44-45H,20-24,40-41H2,1-5H3,(H,42,46)/t29-,31+,32+,33+,34+/m1/s1. The second-order valence-electron chi connectivity index (χ2n) is 14.3. The smallest absolute Gasteiger partial charge is 0.258 e. The Morgan fingerprint density at radius 1 is 0.735 bits per heavy atom. The number of amides is 4. The summed E-state index contributed by atoms with van der Waals surface area (Å²) < 4.78 is 0. The summed E-state index contributed by atoms with van der Waals surface area (Å²) in [4.78, 5) is 57.1. The van der Waals surface area contributed by atoms with Gasteiger partial charge in [0, 0.05) is 23.8 Å². The number of carbonyl (C=O) groups is 4. The number of phenols is 1. The molecule has 0 aliphatic rings. The number of nitrogens with zero attached hydrogens (tertiary/aromatic N) is 1. The third-order valence-corrected chi connectivity index (χ3v) is 8.35. The van der Waals surface area contributed by atoms with Crippen LogP contribution in [-0.2, 0) is 38.4 Å². The van der Waals surface area contributed by atoms with Gasteiger partial charge in [-0.3, -0.25) is 19.2 Å². The summed E-state index contributed by atoms with van der Waals surface area (Å²) in [5.41, 5.74) is 13.7. The first-order valence-electron chi connectivity index (χ1n) is 16.8. The van der Waals surface area contributed by atoms with Crippen LogP contribution < -0.4 is 16.8 Å². The molecular weight excluding hydrogens is 620 g/mol. The third-order valence-electron chi connectivity index (χ3n) is 8.35. The normalized spacial score (nSPS) is 14.7. The lowest BCUT2D eigenvalue weighted by molar-refractivity contribution is -0.162. The van der Waals surface area contributed by atoms with Gasteiger partial charge in [0.1, 0.15) is 11.8 Å². The molecule has 0 aromatic heterocycles. The minimum atomic E-state index is -1.29. The van der Waals surface area contributed by atoms with Crippen molar-refractivity contribution in [2.75, 3.05) is 0 Å². The first kappa shape index (κ1) is 39.1. The number of phenolic OH excluding ortho intramolecular Hbond substituents is 1. The Morgan fingerprint density at radius 2 is 1.24 bits per heavy atom. The molecule has 0 saturated carbocycles. The van der Waals surface area contributed by atoms with Gasteiger partial charge in [-0.25, -0.2) is 4.90 Å². The number of imide groups is 3. The molecule has 0 heterocycles. The fourth-order valence-electron chi connectivity index (χ4n) is 5.60. The summed E-state index contributed by atoms with van der Waals surface area (Å²) >= 11 is 0. The summed E-state index contributed by atoms with van der Waals surface area (Å²) in [5, 5.41) is 23.9. The number of aliphatic hydroxyl groups excluding tert-OH is 1. The molecule has 0 aliphatic carbocycles. The van der Waals surface area contributed by atoms with Crippen LogP contribution in [0.5, 0.6) is 5.75 Å². The highest BCUT2D eigenvalue weighted by atomic mass is 16.3. The molecule has 5 atom stereocenters. The van der Waals surface area contributed by atoms with Crippen LogP contribution in [0.2, 0.25) is 0 Å². The highest BCUT2D eigenvalue weighted by molar-refractivity contribution is 6.14. The number of hydrogen-bond acceptors (Lipinski definition) is 8. The van der Waals surface area contributed by atoms with E-state index in [1.165, 1.54) is 12.1 Å². The van der Waals surface area contributed by atoms with Gasteiger partial charge >= 0.3 is 0 Å². The van der Waals surface area contributed by atoms with Crippen molar-refractivity contribution in [3.63, 3.8) is 0 Å². The summed E-state index contributed by atoms with van der Waals surface area (Å²) in [5.74, 6) is -3.94. The van der Waals surface area contributed by atoms with E-state index in [2.05, 4.69) is 5.32 Å². The van der Waals surface area contributed by atoms with E-state index in [0.717, 1.165) is 5.56 Å². The van der Waals surface area contributed by atoms with Crippen molar-refractivity contribution in [2.24, 2.45) is 28.7 Å². The number of nitrogens with two attached hydrogens (primary N) is 2. The molecular formula is C39H52N4O6. The molecule has 3 rings (SSSR count). The van der Waals surface area contributed by atoms with Crippen molar-refractivity contribution < 1.29 is 29.4 Å². The van der Waals surface area contributed by atoms with Crippen molar-refractivity contribution >= 4 is 23.6 Å². The molecule has 7 N–H and O–H groups in total. The minimum Gasteiger partial charge on any atom is -0.508 e. The Hall–Kier alpha value is -4.38. The maximum absolute atomic E-state index is 14.6. The number of carbonyl (C=O) groups excluding carboxylic acids is 4. The second kappa shape index (κ2) is 17.9. The monoisotopic (exact) mass is 672 g/mol. The molecule has 0 radical (unpaired) electrons. The van der Waals surface area contributed by atoms with Crippen LogP contribution in [0.3, 0.4) is 0 Å². The molecule has 0 spiro atoms. The summed E-state index contributed by atoms with van der Waals surface area (Å²) in [6, 6.07) is 21.7. The van der Waals surface area contributed by atoms with Gasteiger partial charge in [-0.05, 0) is 60.4 Å². The summed E-state index contributed by atoms with van der Waals surface area (Å²) in [7, 11) is 0. The molecule has 0 fully saturated rings. The maximum Gasteiger partial charge on any atom is 0.258 e. The molecule has 4 amide bonds. The lowest BCUT2D eigenvalue weighted by Crippen LogP contribution is -2.59. The summed E-state index contributed by atoms with van der Waals surface area (Å²) in [6.45, 7) is 8.66. The fourth-order valence-corrected chi connectivity index (χ4v) is 5.60. The Morgan fingerprint density at radius 3 is 1.76 bits per heavy atom. The molecule has 264 valence electrons. The van der Waals surface area contributed by atoms with Crippen LogP contribution in [-0.4, -0.2) is 63.0 Å². The van der Waals surface area contributed by atoms with E-state index in [9.17, 15) is 29.4 Å². The van der Waals surface area contributed by atoms with Crippen molar-refractivity contribution in [3.05, 3.63) is 102 Å². The van der Waals surface area contributed by atoms with Crippen LogP contribution >= 0.6 is 0 Å². The van der Waals surface area contributed by atoms with Crippen LogP contribution in [0.25, 0.3) is 0 Å². The zero-order valence-electron chi connectivity index (χ0n) is 29.2. The number of aromatic hydroxyl groups is 1. The third kappa shape index (κ3) is 11.9.